The lowest BCUT2D eigenvalue weighted by Crippen LogP contribution is -2.25. The van der Waals surface area contributed by atoms with Gasteiger partial charge in [-0.25, -0.2) is 4.39 Å². The van der Waals surface area contributed by atoms with Crippen LogP contribution in [0.1, 0.15) is 24.4 Å². The molecule has 1 saturated heterocycles. The van der Waals surface area contributed by atoms with E-state index in [2.05, 4.69) is 16.0 Å². The molecule has 0 spiro atoms. The second-order valence-electron chi connectivity index (χ2n) is 6.71. The standard InChI is InChI=1S/C21H19FN2O2/c22-14-6-7-15-17(13-14)23-9-8-19(15)24-10-2-4-18(24)16-3-1-5-20-21(16)26-12-11-25-20/h1,3,5-9,13,18H,2,4,10-12H2. The van der Waals surface area contributed by atoms with Crippen molar-refractivity contribution in [3.8, 4) is 11.5 Å². The van der Waals surface area contributed by atoms with Crippen molar-refractivity contribution in [1.29, 1.82) is 0 Å². The van der Waals surface area contributed by atoms with Crippen molar-refractivity contribution < 1.29 is 13.9 Å². The number of anilines is 1. The smallest absolute Gasteiger partial charge is 0.166 e. The first-order valence-corrected chi connectivity index (χ1v) is 9.01. The van der Waals surface area contributed by atoms with Crippen molar-refractivity contribution in [3.63, 3.8) is 0 Å². The van der Waals surface area contributed by atoms with E-state index in [1.54, 1.807) is 6.20 Å². The van der Waals surface area contributed by atoms with Crippen molar-refractivity contribution in [2.24, 2.45) is 0 Å². The fourth-order valence-corrected chi connectivity index (χ4v) is 4.09. The van der Waals surface area contributed by atoms with Crippen molar-refractivity contribution in [3.05, 3.63) is 60.0 Å². The average Bonchev–Trinajstić information content (AvgIpc) is 3.16. The molecule has 132 valence electrons. The summed E-state index contributed by atoms with van der Waals surface area (Å²) in [6.45, 7) is 2.12. The highest BCUT2D eigenvalue weighted by molar-refractivity contribution is 5.92. The summed E-state index contributed by atoms with van der Waals surface area (Å²) < 4.78 is 25.3. The fourth-order valence-electron chi connectivity index (χ4n) is 4.09. The molecule has 3 heterocycles. The normalized spacial score (nSPS) is 19.1. The molecule has 0 bridgehead atoms. The molecule has 0 amide bonds. The molecule has 26 heavy (non-hydrogen) atoms. The molecule has 1 unspecified atom stereocenters. The lowest BCUT2D eigenvalue weighted by atomic mass is 10.0. The zero-order valence-electron chi connectivity index (χ0n) is 14.3. The summed E-state index contributed by atoms with van der Waals surface area (Å²) in [4.78, 5) is 6.72. The Kier molecular flexibility index (Phi) is 3.66. The molecule has 2 aliphatic rings. The average molecular weight is 350 g/mol. The van der Waals surface area contributed by atoms with Gasteiger partial charge in [-0.1, -0.05) is 12.1 Å². The summed E-state index contributed by atoms with van der Waals surface area (Å²) in [6.07, 6.45) is 3.90. The van der Waals surface area contributed by atoms with Crippen LogP contribution in [0, 0.1) is 5.82 Å². The number of hydrogen-bond acceptors (Lipinski definition) is 4. The number of pyridine rings is 1. The maximum Gasteiger partial charge on any atom is 0.166 e. The molecule has 5 rings (SSSR count). The van der Waals surface area contributed by atoms with Crippen LogP contribution >= 0.6 is 0 Å². The number of aromatic nitrogens is 1. The minimum Gasteiger partial charge on any atom is -0.486 e. The molecule has 3 aromatic rings. The van der Waals surface area contributed by atoms with Gasteiger partial charge in [-0.05, 0) is 37.1 Å². The van der Waals surface area contributed by atoms with Crippen LogP contribution in [0.5, 0.6) is 11.5 Å². The van der Waals surface area contributed by atoms with Gasteiger partial charge in [-0.15, -0.1) is 0 Å². The first kappa shape index (κ1) is 15.4. The molecule has 1 atom stereocenters. The molecule has 0 N–H and O–H groups in total. The van der Waals surface area contributed by atoms with E-state index in [1.807, 2.05) is 24.3 Å². The minimum absolute atomic E-state index is 0.210. The maximum atomic E-state index is 13.6. The molecular weight excluding hydrogens is 331 g/mol. The second kappa shape index (κ2) is 6.16. The first-order chi connectivity index (χ1) is 12.8. The first-order valence-electron chi connectivity index (χ1n) is 9.01. The molecule has 1 aromatic heterocycles. The van der Waals surface area contributed by atoms with Gasteiger partial charge >= 0.3 is 0 Å². The van der Waals surface area contributed by atoms with Crippen LogP contribution in [0.4, 0.5) is 10.1 Å². The lowest BCUT2D eigenvalue weighted by molar-refractivity contribution is 0.169. The third-order valence-electron chi connectivity index (χ3n) is 5.20. The van der Waals surface area contributed by atoms with E-state index >= 15 is 0 Å². The van der Waals surface area contributed by atoms with E-state index in [0.717, 1.165) is 47.5 Å². The lowest BCUT2D eigenvalue weighted by Gasteiger charge is -2.31. The number of nitrogens with zero attached hydrogens (tertiary/aromatic N) is 2. The van der Waals surface area contributed by atoms with E-state index in [-0.39, 0.29) is 11.9 Å². The number of halogens is 1. The van der Waals surface area contributed by atoms with Gasteiger partial charge in [-0.3, -0.25) is 4.98 Å². The van der Waals surface area contributed by atoms with Gasteiger partial charge < -0.3 is 14.4 Å². The van der Waals surface area contributed by atoms with Gasteiger partial charge in [0, 0.05) is 35.4 Å². The highest BCUT2D eigenvalue weighted by Gasteiger charge is 2.31. The van der Waals surface area contributed by atoms with Gasteiger partial charge in [-0.2, -0.15) is 0 Å². The Morgan fingerprint density at radius 1 is 1.08 bits per heavy atom. The monoisotopic (exact) mass is 350 g/mol. The summed E-state index contributed by atoms with van der Waals surface area (Å²) in [7, 11) is 0. The highest BCUT2D eigenvalue weighted by Crippen LogP contribution is 2.45. The number of benzene rings is 2. The van der Waals surface area contributed by atoms with Crippen LogP contribution in [0.2, 0.25) is 0 Å². The fraction of sp³-hybridized carbons (Fsp3) is 0.286. The van der Waals surface area contributed by atoms with Crippen LogP contribution in [-0.4, -0.2) is 24.7 Å². The molecule has 0 aliphatic carbocycles. The molecule has 1 fully saturated rings. The van der Waals surface area contributed by atoms with Crippen LogP contribution in [0.15, 0.2) is 48.7 Å². The molecule has 5 heteroatoms. The zero-order valence-corrected chi connectivity index (χ0v) is 14.3. The molecule has 2 aromatic carbocycles. The van der Waals surface area contributed by atoms with Gasteiger partial charge in [0.15, 0.2) is 11.5 Å². The number of rotatable bonds is 2. The summed E-state index contributed by atoms with van der Waals surface area (Å²) in [5.74, 6) is 1.42. The molecule has 0 radical (unpaired) electrons. The third-order valence-corrected chi connectivity index (χ3v) is 5.20. The second-order valence-corrected chi connectivity index (χ2v) is 6.71. The summed E-state index contributed by atoms with van der Waals surface area (Å²) in [5, 5.41) is 0.975. The summed E-state index contributed by atoms with van der Waals surface area (Å²) in [6, 6.07) is 13.2. The zero-order chi connectivity index (χ0) is 17.5. The van der Waals surface area contributed by atoms with Crippen LogP contribution in [-0.2, 0) is 0 Å². The van der Waals surface area contributed by atoms with Gasteiger partial charge in [0.1, 0.15) is 19.0 Å². The molecular formula is C21H19FN2O2. The predicted molar refractivity (Wildman–Crippen MR) is 98.5 cm³/mol. The number of para-hydroxylation sites is 1. The van der Waals surface area contributed by atoms with Crippen molar-refractivity contribution >= 4 is 16.6 Å². The topological polar surface area (TPSA) is 34.6 Å². The Hall–Kier alpha value is -2.82. The van der Waals surface area contributed by atoms with E-state index in [1.165, 1.54) is 12.1 Å². The third kappa shape index (κ3) is 2.46. The number of hydrogen-bond donors (Lipinski definition) is 0. The van der Waals surface area contributed by atoms with E-state index in [0.29, 0.717) is 18.7 Å². The van der Waals surface area contributed by atoms with Crippen LogP contribution in [0.3, 0.4) is 0 Å². The molecule has 4 nitrogen and oxygen atoms in total. The quantitative estimate of drug-likeness (QED) is 0.682. The Morgan fingerprint density at radius 2 is 2.00 bits per heavy atom. The Labute approximate surface area is 151 Å². The predicted octanol–water partition coefficient (Wildman–Crippen LogP) is 4.49. The largest absolute Gasteiger partial charge is 0.486 e. The maximum absolute atomic E-state index is 13.6. The Bertz CT molecular complexity index is 975. The summed E-state index contributed by atoms with van der Waals surface area (Å²) >= 11 is 0. The van der Waals surface area contributed by atoms with Crippen molar-refractivity contribution in [2.75, 3.05) is 24.7 Å². The number of ether oxygens (including phenoxy) is 2. The van der Waals surface area contributed by atoms with E-state index < -0.39 is 0 Å². The van der Waals surface area contributed by atoms with Crippen LogP contribution < -0.4 is 14.4 Å². The number of fused-ring (bicyclic) bond motifs is 2. The van der Waals surface area contributed by atoms with Gasteiger partial charge in [0.05, 0.1) is 11.6 Å². The Balaban J connectivity index is 1.61. The van der Waals surface area contributed by atoms with E-state index in [4.69, 9.17) is 9.47 Å². The minimum atomic E-state index is -0.261. The van der Waals surface area contributed by atoms with Crippen molar-refractivity contribution in [1.82, 2.24) is 4.98 Å². The van der Waals surface area contributed by atoms with Crippen LogP contribution in [0.25, 0.3) is 10.9 Å². The van der Waals surface area contributed by atoms with E-state index in [9.17, 15) is 4.39 Å². The molecule has 0 saturated carbocycles. The highest BCUT2D eigenvalue weighted by atomic mass is 19.1. The van der Waals surface area contributed by atoms with Gasteiger partial charge in [0.2, 0.25) is 0 Å². The SMILES string of the molecule is Fc1ccc2c(N3CCCC3c3cccc4c3OCCO4)ccnc2c1. The van der Waals surface area contributed by atoms with Gasteiger partial charge in [0.25, 0.3) is 0 Å². The molecule has 2 aliphatic heterocycles. The van der Waals surface area contributed by atoms with Crippen molar-refractivity contribution in [2.45, 2.75) is 18.9 Å². The summed E-state index contributed by atoms with van der Waals surface area (Å²) in [5.41, 5.74) is 2.93. The Morgan fingerprint density at radius 3 is 2.96 bits per heavy atom.